The second-order valence-electron chi connectivity index (χ2n) is 4.62. The summed E-state index contributed by atoms with van der Waals surface area (Å²) in [5.74, 6) is -1.28. The number of carbonyl (C=O) groups excluding carboxylic acids is 2. The minimum Gasteiger partial charge on any atom is -0.478 e. The van der Waals surface area contributed by atoms with Crippen LogP contribution in [0.15, 0.2) is 18.5 Å². The summed E-state index contributed by atoms with van der Waals surface area (Å²) < 4.78 is 0. The van der Waals surface area contributed by atoms with Crippen molar-refractivity contribution >= 4 is 23.6 Å². The zero-order valence-corrected chi connectivity index (χ0v) is 11.8. The Morgan fingerprint density at radius 1 is 1.29 bits per heavy atom. The van der Waals surface area contributed by atoms with Gasteiger partial charge in [0.15, 0.2) is 0 Å². The lowest BCUT2D eigenvalue weighted by molar-refractivity contribution is -0.121. The van der Waals surface area contributed by atoms with Gasteiger partial charge in [-0.1, -0.05) is 0 Å². The number of nitrogens with one attached hydrogen (secondary N) is 3. The Kier molecular flexibility index (Phi) is 6.12. The van der Waals surface area contributed by atoms with Crippen LogP contribution in [0.25, 0.3) is 0 Å². The number of pyridine rings is 1. The molecule has 0 radical (unpaired) electrons. The summed E-state index contributed by atoms with van der Waals surface area (Å²) in [5.41, 5.74) is 0.239. The molecule has 0 saturated carbocycles. The van der Waals surface area contributed by atoms with Crippen LogP contribution in [0.3, 0.4) is 0 Å². The number of rotatable bonds is 6. The quantitative estimate of drug-likeness (QED) is 0.619. The van der Waals surface area contributed by atoms with E-state index in [1.165, 1.54) is 18.5 Å². The van der Waals surface area contributed by atoms with Crippen molar-refractivity contribution in [2.45, 2.75) is 26.3 Å². The van der Waals surface area contributed by atoms with Gasteiger partial charge >= 0.3 is 12.0 Å². The number of anilines is 1. The summed E-state index contributed by atoms with van der Waals surface area (Å²) >= 11 is 0. The van der Waals surface area contributed by atoms with Crippen LogP contribution in [0, 0.1) is 0 Å². The highest BCUT2D eigenvalue weighted by Crippen LogP contribution is 2.07. The largest absolute Gasteiger partial charge is 0.478 e. The molecule has 0 aliphatic heterocycles. The van der Waals surface area contributed by atoms with E-state index in [0.29, 0.717) is 0 Å². The van der Waals surface area contributed by atoms with Gasteiger partial charge in [-0.3, -0.25) is 9.78 Å². The summed E-state index contributed by atoms with van der Waals surface area (Å²) in [4.78, 5) is 37.4. The maximum atomic E-state index is 11.6. The minimum absolute atomic E-state index is 0.0240. The molecule has 1 rings (SSSR count). The molecule has 0 unspecified atom stereocenters. The Bertz CT molecular complexity index is 531. The van der Waals surface area contributed by atoms with Gasteiger partial charge in [-0.05, 0) is 19.9 Å². The first kappa shape index (κ1) is 16.4. The topological polar surface area (TPSA) is 120 Å². The molecule has 8 heteroatoms. The van der Waals surface area contributed by atoms with Crippen LogP contribution >= 0.6 is 0 Å². The third-order valence-corrected chi connectivity index (χ3v) is 2.33. The van der Waals surface area contributed by atoms with Crippen molar-refractivity contribution in [2.75, 3.05) is 11.9 Å². The van der Waals surface area contributed by atoms with E-state index in [4.69, 9.17) is 5.11 Å². The lowest BCUT2D eigenvalue weighted by atomic mass is 10.2. The first-order valence-electron chi connectivity index (χ1n) is 6.41. The number of hydrogen-bond acceptors (Lipinski definition) is 4. The molecule has 0 spiro atoms. The zero-order valence-electron chi connectivity index (χ0n) is 11.8. The van der Waals surface area contributed by atoms with Gasteiger partial charge in [0.25, 0.3) is 0 Å². The van der Waals surface area contributed by atoms with Crippen molar-refractivity contribution < 1.29 is 19.5 Å². The van der Waals surface area contributed by atoms with Crippen molar-refractivity contribution in [1.29, 1.82) is 0 Å². The summed E-state index contributed by atoms with van der Waals surface area (Å²) in [7, 11) is 0. The number of nitrogens with zero attached hydrogens (tertiary/aromatic N) is 1. The lowest BCUT2D eigenvalue weighted by Gasteiger charge is -2.09. The fraction of sp³-hybridized carbons (Fsp3) is 0.385. The van der Waals surface area contributed by atoms with Crippen molar-refractivity contribution in [1.82, 2.24) is 15.6 Å². The van der Waals surface area contributed by atoms with E-state index >= 15 is 0 Å². The average molecular weight is 294 g/mol. The van der Waals surface area contributed by atoms with Gasteiger partial charge < -0.3 is 21.1 Å². The molecule has 0 aliphatic carbocycles. The van der Waals surface area contributed by atoms with Crippen LogP contribution in [-0.4, -0.2) is 40.6 Å². The number of carboxylic acid groups (broad SMARTS) is 1. The number of carbonyl (C=O) groups is 3. The summed E-state index contributed by atoms with van der Waals surface area (Å²) in [6.45, 7) is 3.87. The molecule has 1 heterocycles. The summed E-state index contributed by atoms with van der Waals surface area (Å²) in [5, 5.41) is 16.4. The van der Waals surface area contributed by atoms with Crippen molar-refractivity contribution in [3.05, 3.63) is 24.0 Å². The minimum atomic E-state index is -1.13. The van der Waals surface area contributed by atoms with Gasteiger partial charge in [-0.2, -0.15) is 0 Å². The van der Waals surface area contributed by atoms with Gasteiger partial charge in [0.05, 0.1) is 17.4 Å². The highest BCUT2D eigenvalue weighted by molar-refractivity contribution is 5.92. The van der Waals surface area contributed by atoms with E-state index in [1.807, 2.05) is 13.8 Å². The molecule has 3 amide bonds. The van der Waals surface area contributed by atoms with E-state index in [9.17, 15) is 14.4 Å². The number of aromatic nitrogens is 1. The highest BCUT2D eigenvalue weighted by atomic mass is 16.4. The summed E-state index contributed by atoms with van der Waals surface area (Å²) in [6, 6.07) is 0.813. The maximum absolute atomic E-state index is 11.6. The smallest absolute Gasteiger partial charge is 0.337 e. The molecule has 0 atom stereocenters. The van der Waals surface area contributed by atoms with E-state index in [2.05, 4.69) is 20.9 Å². The fourth-order valence-electron chi connectivity index (χ4n) is 1.48. The Balaban J connectivity index is 2.39. The molecular formula is C13H18N4O4. The van der Waals surface area contributed by atoms with E-state index in [-0.39, 0.29) is 36.2 Å². The first-order valence-corrected chi connectivity index (χ1v) is 6.41. The van der Waals surface area contributed by atoms with Crippen molar-refractivity contribution in [2.24, 2.45) is 0 Å². The first-order chi connectivity index (χ1) is 9.88. The third kappa shape index (κ3) is 6.37. The Morgan fingerprint density at radius 2 is 2.00 bits per heavy atom. The van der Waals surface area contributed by atoms with E-state index in [0.717, 1.165) is 0 Å². The van der Waals surface area contributed by atoms with Gasteiger partial charge in [-0.15, -0.1) is 0 Å². The maximum Gasteiger partial charge on any atom is 0.337 e. The van der Waals surface area contributed by atoms with E-state index < -0.39 is 12.0 Å². The molecule has 0 aromatic carbocycles. The predicted octanol–water partition coefficient (Wildman–Crippen LogP) is 0.816. The molecule has 4 N–H and O–H groups in total. The lowest BCUT2D eigenvalue weighted by Crippen LogP contribution is -2.35. The van der Waals surface area contributed by atoms with Crippen molar-refractivity contribution in [3.63, 3.8) is 0 Å². The van der Waals surface area contributed by atoms with Crippen LogP contribution in [-0.2, 0) is 4.79 Å². The van der Waals surface area contributed by atoms with Gasteiger partial charge in [-0.25, -0.2) is 9.59 Å². The standard InChI is InChI=1S/C13H18N4O4/c1-8(2)16-11(18)3-4-15-13(21)17-10-5-9(12(19)20)6-14-7-10/h5-8H,3-4H2,1-2H3,(H,16,18)(H,19,20)(H2,15,17,21). The number of aromatic carboxylic acids is 1. The molecule has 0 bridgehead atoms. The second-order valence-corrected chi connectivity index (χ2v) is 4.62. The molecule has 1 aromatic rings. The van der Waals surface area contributed by atoms with Gasteiger partial charge in [0.1, 0.15) is 0 Å². The Hall–Kier alpha value is -2.64. The van der Waals surface area contributed by atoms with Crippen LogP contribution in [0.5, 0.6) is 0 Å². The average Bonchev–Trinajstić information content (AvgIpc) is 2.37. The third-order valence-electron chi connectivity index (χ3n) is 2.33. The normalized spacial score (nSPS) is 10.0. The molecule has 114 valence electrons. The zero-order chi connectivity index (χ0) is 15.8. The molecule has 0 saturated heterocycles. The molecular weight excluding hydrogens is 276 g/mol. The fourth-order valence-corrected chi connectivity index (χ4v) is 1.48. The molecule has 21 heavy (non-hydrogen) atoms. The molecule has 0 fully saturated rings. The highest BCUT2D eigenvalue weighted by Gasteiger charge is 2.08. The number of carboxylic acids is 1. The number of urea groups is 1. The molecule has 0 aliphatic rings. The van der Waals surface area contributed by atoms with Crippen LogP contribution < -0.4 is 16.0 Å². The Morgan fingerprint density at radius 3 is 2.62 bits per heavy atom. The van der Waals surface area contributed by atoms with Crippen LogP contribution in [0.1, 0.15) is 30.6 Å². The monoisotopic (exact) mass is 294 g/mol. The van der Waals surface area contributed by atoms with E-state index in [1.54, 1.807) is 0 Å². The van der Waals surface area contributed by atoms with Crippen LogP contribution in [0.4, 0.5) is 10.5 Å². The SMILES string of the molecule is CC(C)NC(=O)CCNC(=O)Nc1cncc(C(=O)O)c1. The van der Waals surface area contributed by atoms with Crippen molar-refractivity contribution in [3.8, 4) is 0 Å². The number of hydrogen-bond donors (Lipinski definition) is 4. The Labute approximate surface area is 121 Å². The second kappa shape index (κ2) is 7.83. The van der Waals surface area contributed by atoms with Gasteiger partial charge in [0, 0.05) is 25.2 Å². The van der Waals surface area contributed by atoms with Gasteiger partial charge in [0.2, 0.25) is 5.91 Å². The summed E-state index contributed by atoms with van der Waals surface area (Å²) in [6.07, 6.45) is 2.68. The predicted molar refractivity (Wildman–Crippen MR) is 76.1 cm³/mol. The number of amides is 3. The van der Waals surface area contributed by atoms with Crippen LogP contribution in [0.2, 0.25) is 0 Å². The molecule has 8 nitrogen and oxygen atoms in total. The molecule has 1 aromatic heterocycles.